The van der Waals surface area contributed by atoms with Crippen molar-refractivity contribution in [3.05, 3.63) is 58.5 Å². The van der Waals surface area contributed by atoms with Crippen molar-refractivity contribution >= 4 is 5.82 Å². The van der Waals surface area contributed by atoms with E-state index >= 15 is 0 Å². The van der Waals surface area contributed by atoms with Crippen LogP contribution in [0.4, 0.5) is 19.0 Å². The Bertz CT molecular complexity index is 624. The summed E-state index contributed by atoms with van der Waals surface area (Å²) in [5.41, 5.74) is 7.11. The molecule has 1 unspecified atom stereocenters. The van der Waals surface area contributed by atoms with Gasteiger partial charge in [-0.15, -0.1) is 0 Å². The van der Waals surface area contributed by atoms with E-state index in [2.05, 4.69) is 10.3 Å². The summed E-state index contributed by atoms with van der Waals surface area (Å²) in [5, 5.41) is 2.85. The molecular weight excluding hydrogens is 267 g/mol. The third-order valence-corrected chi connectivity index (χ3v) is 3.19. The maximum atomic E-state index is 13.9. The van der Waals surface area contributed by atoms with Gasteiger partial charge in [-0.2, -0.15) is 0 Å². The Morgan fingerprint density at radius 3 is 2.45 bits per heavy atom. The van der Waals surface area contributed by atoms with E-state index in [9.17, 15) is 13.2 Å². The molecule has 3 N–H and O–H groups in total. The number of hydrogen-bond acceptors (Lipinski definition) is 3. The summed E-state index contributed by atoms with van der Waals surface area (Å²) in [5.74, 6) is -3.74. The molecule has 0 spiro atoms. The van der Waals surface area contributed by atoms with E-state index in [0.29, 0.717) is 5.56 Å². The molecule has 20 heavy (non-hydrogen) atoms. The molecule has 0 saturated carbocycles. The Labute approximate surface area is 114 Å². The van der Waals surface area contributed by atoms with E-state index in [4.69, 9.17) is 5.73 Å². The van der Waals surface area contributed by atoms with E-state index in [1.54, 1.807) is 20.0 Å². The molecule has 1 aromatic heterocycles. The third-order valence-electron chi connectivity index (χ3n) is 3.19. The quantitative estimate of drug-likeness (QED) is 0.850. The summed E-state index contributed by atoms with van der Waals surface area (Å²) in [4.78, 5) is 3.95. The lowest BCUT2D eigenvalue weighted by molar-refractivity contribution is 0.435. The lowest BCUT2D eigenvalue weighted by atomic mass is 9.95. The van der Waals surface area contributed by atoms with E-state index in [1.807, 2.05) is 0 Å². The Hall–Kier alpha value is -2.08. The number of rotatable bonds is 3. The third kappa shape index (κ3) is 2.34. The lowest BCUT2D eigenvalue weighted by Gasteiger charge is -2.21. The number of halogens is 3. The fourth-order valence-electron chi connectivity index (χ4n) is 2.19. The molecular formula is C14H14F3N3. The first-order valence-electron chi connectivity index (χ1n) is 5.99. The predicted molar refractivity (Wildman–Crippen MR) is 70.6 cm³/mol. The second-order valence-electron chi connectivity index (χ2n) is 4.41. The summed E-state index contributed by atoms with van der Waals surface area (Å²) < 4.78 is 40.3. The first-order valence-corrected chi connectivity index (χ1v) is 5.99. The first-order chi connectivity index (χ1) is 9.47. The van der Waals surface area contributed by atoms with Crippen LogP contribution in [0.15, 0.2) is 24.4 Å². The largest absolute Gasteiger partial charge is 0.383 e. The van der Waals surface area contributed by atoms with Gasteiger partial charge in [0.05, 0.1) is 6.04 Å². The first kappa shape index (κ1) is 14.3. The van der Waals surface area contributed by atoms with Gasteiger partial charge in [0.25, 0.3) is 0 Å². The van der Waals surface area contributed by atoms with Gasteiger partial charge < -0.3 is 11.1 Å². The van der Waals surface area contributed by atoms with Gasteiger partial charge >= 0.3 is 0 Å². The minimum Gasteiger partial charge on any atom is -0.383 e. The van der Waals surface area contributed by atoms with Gasteiger partial charge in [0, 0.05) is 17.3 Å². The molecule has 2 aromatic rings. The van der Waals surface area contributed by atoms with Crippen LogP contribution in [-0.4, -0.2) is 12.0 Å². The molecule has 0 radical (unpaired) electrons. The summed E-state index contributed by atoms with van der Waals surface area (Å²) in [6, 6.07) is 3.09. The number of pyridine rings is 1. The lowest BCUT2D eigenvalue weighted by Crippen LogP contribution is -2.22. The highest BCUT2D eigenvalue weighted by molar-refractivity contribution is 5.50. The molecule has 106 valence electrons. The minimum absolute atomic E-state index is 0.0193. The highest BCUT2D eigenvalue weighted by Gasteiger charge is 2.24. The summed E-state index contributed by atoms with van der Waals surface area (Å²) in [7, 11) is 1.58. The van der Waals surface area contributed by atoms with Crippen molar-refractivity contribution in [1.29, 1.82) is 0 Å². The molecule has 0 aliphatic rings. The van der Waals surface area contributed by atoms with Crippen LogP contribution in [0.3, 0.4) is 0 Å². The monoisotopic (exact) mass is 281 g/mol. The van der Waals surface area contributed by atoms with Gasteiger partial charge in [-0.1, -0.05) is 6.07 Å². The van der Waals surface area contributed by atoms with Crippen LogP contribution in [0, 0.1) is 24.4 Å². The van der Waals surface area contributed by atoms with Crippen molar-refractivity contribution in [2.45, 2.75) is 13.0 Å². The van der Waals surface area contributed by atoms with E-state index in [-0.39, 0.29) is 11.4 Å². The smallest absolute Gasteiger partial charge is 0.194 e. The zero-order valence-electron chi connectivity index (χ0n) is 11.0. The van der Waals surface area contributed by atoms with E-state index < -0.39 is 23.5 Å². The molecule has 1 heterocycles. The molecule has 0 aliphatic carbocycles. The van der Waals surface area contributed by atoms with Crippen LogP contribution in [-0.2, 0) is 0 Å². The number of nitrogens with two attached hydrogens (primary N) is 1. The summed E-state index contributed by atoms with van der Waals surface area (Å²) >= 11 is 0. The number of aromatic nitrogens is 1. The van der Waals surface area contributed by atoms with Crippen LogP contribution >= 0.6 is 0 Å². The van der Waals surface area contributed by atoms with Gasteiger partial charge in [0.1, 0.15) is 5.82 Å². The van der Waals surface area contributed by atoms with Crippen molar-refractivity contribution in [3.8, 4) is 0 Å². The topological polar surface area (TPSA) is 50.9 Å². The number of nitrogens with zero attached hydrogens (tertiary/aromatic N) is 1. The fraction of sp³-hybridized carbons (Fsp3) is 0.214. The predicted octanol–water partition coefficient (Wildman–Crippen LogP) is 2.70. The number of aryl methyl sites for hydroxylation is 1. The number of nitrogens with one attached hydrogen (secondary N) is 1. The molecule has 3 nitrogen and oxygen atoms in total. The van der Waals surface area contributed by atoms with Crippen molar-refractivity contribution in [2.75, 3.05) is 12.8 Å². The van der Waals surface area contributed by atoms with E-state index in [0.717, 1.165) is 11.6 Å². The minimum atomic E-state index is -1.50. The Kier molecular flexibility index (Phi) is 3.94. The molecule has 0 aliphatic heterocycles. The number of benzene rings is 1. The average Bonchev–Trinajstić information content (AvgIpc) is 2.42. The molecule has 0 fully saturated rings. The maximum absolute atomic E-state index is 13.9. The van der Waals surface area contributed by atoms with E-state index in [1.165, 1.54) is 12.3 Å². The Morgan fingerprint density at radius 1 is 1.15 bits per heavy atom. The van der Waals surface area contributed by atoms with Crippen LogP contribution in [0.25, 0.3) is 0 Å². The van der Waals surface area contributed by atoms with Crippen LogP contribution in [0.2, 0.25) is 0 Å². The maximum Gasteiger partial charge on any atom is 0.194 e. The number of nitrogen functional groups attached to an aromatic ring is 1. The zero-order chi connectivity index (χ0) is 14.9. The average molecular weight is 281 g/mol. The van der Waals surface area contributed by atoms with Crippen LogP contribution in [0.5, 0.6) is 0 Å². The highest BCUT2D eigenvalue weighted by atomic mass is 19.2. The second kappa shape index (κ2) is 5.50. The number of anilines is 1. The van der Waals surface area contributed by atoms with Crippen LogP contribution < -0.4 is 11.1 Å². The SMILES string of the molecule is CNC(c1ccc(F)c(F)c1F)c1c(C)ccnc1N. The molecule has 1 atom stereocenters. The number of hydrogen-bond donors (Lipinski definition) is 2. The molecule has 1 aromatic carbocycles. The van der Waals surface area contributed by atoms with Crippen molar-refractivity contribution in [3.63, 3.8) is 0 Å². The van der Waals surface area contributed by atoms with Gasteiger partial charge in [0.2, 0.25) is 0 Å². The Balaban J connectivity index is 2.62. The summed E-state index contributed by atoms with van der Waals surface area (Å²) in [6.07, 6.45) is 1.53. The molecule has 0 bridgehead atoms. The van der Waals surface area contributed by atoms with Crippen molar-refractivity contribution in [2.24, 2.45) is 0 Å². The molecule has 0 amide bonds. The molecule has 2 rings (SSSR count). The van der Waals surface area contributed by atoms with Gasteiger partial charge in [-0.05, 0) is 31.7 Å². The van der Waals surface area contributed by atoms with Gasteiger partial charge in [0.15, 0.2) is 17.5 Å². The standard InChI is InChI=1S/C14H14F3N3/c1-7-5-6-20-14(18)10(7)13(19-2)8-3-4-9(15)12(17)11(8)16/h3-6,13,19H,1-2H3,(H2,18,20). The zero-order valence-corrected chi connectivity index (χ0v) is 11.0. The second-order valence-corrected chi connectivity index (χ2v) is 4.41. The normalized spacial score (nSPS) is 12.4. The molecule has 0 saturated heterocycles. The fourth-order valence-corrected chi connectivity index (χ4v) is 2.19. The van der Waals surface area contributed by atoms with Crippen LogP contribution in [0.1, 0.15) is 22.7 Å². The van der Waals surface area contributed by atoms with Crippen molar-refractivity contribution in [1.82, 2.24) is 10.3 Å². The summed E-state index contributed by atoms with van der Waals surface area (Å²) in [6.45, 7) is 1.79. The Morgan fingerprint density at radius 2 is 1.85 bits per heavy atom. The molecule has 6 heteroatoms. The van der Waals surface area contributed by atoms with Crippen molar-refractivity contribution < 1.29 is 13.2 Å². The van der Waals surface area contributed by atoms with Gasteiger partial charge in [-0.25, -0.2) is 18.2 Å². The highest BCUT2D eigenvalue weighted by Crippen LogP contribution is 2.31. The van der Waals surface area contributed by atoms with Gasteiger partial charge in [-0.3, -0.25) is 0 Å².